The number of hydrogen-bond donors (Lipinski definition) is 2. The molecular weight excluding hydrogens is 455 g/mol. The summed E-state index contributed by atoms with van der Waals surface area (Å²) in [5, 5.41) is 14.2. The Morgan fingerprint density at radius 1 is 1.24 bits per heavy atom. The Kier molecular flexibility index (Phi) is 6.29. The first kappa shape index (κ1) is 23.3. The van der Waals surface area contributed by atoms with Gasteiger partial charge in [-0.1, -0.05) is 24.3 Å². The summed E-state index contributed by atoms with van der Waals surface area (Å²) in [6.07, 6.45) is -3.84. The van der Waals surface area contributed by atoms with E-state index < -0.39 is 42.6 Å². The molecule has 0 unspecified atom stereocenters. The van der Waals surface area contributed by atoms with E-state index in [0.29, 0.717) is 10.5 Å². The van der Waals surface area contributed by atoms with Crippen molar-refractivity contribution in [1.29, 1.82) is 0 Å². The van der Waals surface area contributed by atoms with Gasteiger partial charge in [0.05, 0.1) is 19.3 Å². The van der Waals surface area contributed by atoms with Crippen LogP contribution < -0.4 is 10.1 Å². The summed E-state index contributed by atoms with van der Waals surface area (Å²) < 4.78 is 50.1. The lowest BCUT2D eigenvalue weighted by Crippen LogP contribution is -2.46. The maximum absolute atomic E-state index is 13.3. The van der Waals surface area contributed by atoms with Crippen LogP contribution in [0.3, 0.4) is 0 Å². The van der Waals surface area contributed by atoms with E-state index in [9.17, 15) is 27.9 Å². The first-order valence-corrected chi connectivity index (χ1v) is 10.2. The Morgan fingerprint density at radius 2 is 2.00 bits per heavy atom. The minimum Gasteiger partial charge on any atom is -0.497 e. The fourth-order valence-corrected chi connectivity index (χ4v) is 3.86. The lowest BCUT2D eigenvalue weighted by molar-refractivity contribution is -0.137. The molecule has 11 heteroatoms. The number of nitrogens with zero attached hydrogens (tertiary/aromatic N) is 2. The summed E-state index contributed by atoms with van der Waals surface area (Å²) in [5.74, 6) is -0.107. The monoisotopic (exact) mass is 475 g/mol. The van der Waals surface area contributed by atoms with Crippen molar-refractivity contribution in [3.05, 3.63) is 71.5 Å². The molecule has 0 aliphatic carbocycles. The first-order chi connectivity index (χ1) is 16.2. The molecule has 2 N–H and O–H groups in total. The molecule has 0 saturated carbocycles. The highest BCUT2D eigenvalue weighted by Gasteiger charge is 2.46. The van der Waals surface area contributed by atoms with E-state index in [1.54, 1.807) is 12.4 Å². The van der Waals surface area contributed by atoms with Crippen molar-refractivity contribution >= 4 is 22.9 Å². The van der Waals surface area contributed by atoms with Crippen molar-refractivity contribution in [2.45, 2.75) is 24.9 Å². The largest absolute Gasteiger partial charge is 0.497 e. The van der Waals surface area contributed by atoms with Gasteiger partial charge in [-0.3, -0.25) is 4.98 Å². The fourth-order valence-electron chi connectivity index (χ4n) is 3.86. The molecule has 1 fully saturated rings. The molecule has 1 saturated heterocycles. The summed E-state index contributed by atoms with van der Waals surface area (Å²) in [7, 11) is 1.20. The number of hydrogen-bond acceptors (Lipinski definition) is 6. The number of imide groups is 1. The Balaban J connectivity index is 1.57. The molecule has 34 heavy (non-hydrogen) atoms. The second-order valence-electron chi connectivity index (χ2n) is 7.60. The third-order valence-corrected chi connectivity index (χ3v) is 5.51. The smallest absolute Gasteiger partial charge is 0.419 e. The van der Waals surface area contributed by atoms with E-state index >= 15 is 0 Å². The molecule has 0 radical (unpaired) electrons. The molecule has 1 aliphatic rings. The maximum atomic E-state index is 13.3. The highest BCUT2D eigenvalue weighted by atomic mass is 19.4. The van der Waals surface area contributed by atoms with Gasteiger partial charge in [-0.2, -0.15) is 13.2 Å². The average Bonchev–Trinajstić information content (AvgIpc) is 3.17. The number of methoxy groups -OCH3 is 1. The van der Waals surface area contributed by atoms with Gasteiger partial charge >= 0.3 is 18.3 Å². The Labute approximate surface area is 191 Å². The number of pyridine rings is 1. The molecule has 3 aromatic rings. The van der Waals surface area contributed by atoms with Gasteiger partial charge in [-0.05, 0) is 34.7 Å². The maximum Gasteiger partial charge on any atom is 0.419 e. The topological polar surface area (TPSA) is 101 Å². The first-order valence-electron chi connectivity index (χ1n) is 10.2. The van der Waals surface area contributed by atoms with Crippen molar-refractivity contribution in [3.8, 4) is 5.75 Å². The van der Waals surface area contributed by atoms with Crippen LogP contribution in [0.5, 0.6) is 5.75 Å². The van der Waals surface area contributed by atoms with Crippen molar-refractivity contribution < 1.29 is 37.3 Å². The molecule has 8 nitrogen and oxygen atoms in total. The molecule has 0 spiro atoms. The van der Waals surface area contributed by atoms with Crippen LogP contribution in [-0.2, 0) is 17.5 Å². The second-order valence-corrected chi connectivity index (χ2v) is 7.60. The van der Waals surface area contributed by atoms with Crippen molar-refractivity contribution in [2.24, 2.45) is 0 Å². The minimum absolute atomic E-state index is 0.0250. The van der Waals surface area contributed by atoms with E-state index in [2.05, 4.69) is 10.3 Å². The number of cyclic esters (lactones) is 1. The van der Waals surface area contributed by atoms with E-state index in [4.69, 9.17) is 9.47 Å². The lowest BCUT2D eigenvalue weighted by Gasteiger charge is -2.22. The van der Waals surface area contributed by atoms with Gasteiger partial charge in [0.1, 0.15) is 11.8 Å². The third kappa shape index (κ3) is 4.46. The van der Waals surface area contributed by atoms with Crippen LogP contribution >= 0.6 is 0 Å². The number of aromatic nitrogens is 1. The fraction of sp³-hybridized carbons (Fsp3) is 0.261. The Bertz CT molecular complexity index is 1230. The van der Waals surface area contributed by atoms with Crippen molar-refractivity contribution in [3.63, 3.8) is 0 Å². The van der Waals surface area contributed by atoms with E-state index in [1.807, 2.05) is 24.3 Å². The number of aliphatic hydroxyl groups is 1. The normalized spacial score (nSPS) is 18.1. The number of carbonyl (C=O) groups is 2. The molecule has 1 aliphatic heterocycles. The molecule has 0 bridgehead atoms. The number of aliphatic hydroxyl groups excluding tert-OH is 1. The number of nitrogens with one attached hydrogen (secondary N) is 1. The Hall–Kier alpha value is -3.86. The molecule has 2 aromatic carbocycles. The number of rotatable bonds is 5. The zero-order chi connectivity index (χ0) is 24.5. The predicted octanol–water partition coefficient (Wildman–Crippen LogP) is 4.03. The van der Waals surface area contributed by atoms with Crippen molar-refractivity contribution in [2.75, 3.05) is 13.7 Å². The highest BCUT2D eigenvalue weighted by Crippen LogP contribution is 2.38. The number of urea groups is 1. The summed E-state index contributed by atoms with van der Waals surface area (Å²) >= 11 is 0. The van der Waals surface area contributed by atoms with Gasteiger partial charge in [0, 0.05) is 24.3 Å². The summed E-state index contributed by atoms with van der Waals surface area (Å²) in [6, 6.07) is 8.16. The molecule has 178 valence electrons. The SMILES string of the molecule is COc1cc([C@@H]2OC(=O)N(C(=O)NCc3cncc4ccccc34)[C@H]2CO)cc(C(F)(F)F)c1. The van der Waals surface area contributed by atoms with Gasteiger partial charge in [-0.15, -0.1) is 0 Å². The molecule has 1 aromatic heterocycles. The third-order valence-electron chi connectivity index (χ3n) is 5.51. The zero-order valence-electron chi connectivity index (χ0n) is 17.9. The van der Waals surface area contributed by atoms with Crippen LogP contribution in [0, 0.1) is 0 Å². The van der Waals surface area contributed by atoms with Crippen LogP contribution in [-0.4, -0.2) is 46.9 Å². The van der Waals surface area contributed by atoms with Gasteiger partial charge < -0.3 is 19.9 Å². The van der Waals surface area contributed by atoms with E-state index in [1.165, 1.54) is 13.2 Å². The van der Waals surface area contributed by atoms with Gasteiger partial charge in [0.2, 0.25) is 0 Å². The standard InChI is InChI=1S/C23H20F3N3O5/c1-33-17-7-14(6-16(8-17)23(24,25)26)20-19(12-30)29(22(32)34-20)21(31)28-11-15-10-27-9-13-4-2-3-5-18(13)15/h2-10,19-20,30H,11-12H2,1H3,(H,28,31)/t19-,20-/m0/s1. The second kappa shape index (κ2) is 9.18. The van der Waals surface area contributed by atoms with Gasteiger partial charge in [0.25, 0.3) is 0 Å². The van der Waals surface area contributed by atoms with Gasteiger partial charge in [0.15, 0.2) is 6.10 Å². The quantitative estimate of drug-likeness (QED) is 0.578. The van der Waals surface area contributed by atoms with E-state index in [0.717, 1.165) is 22.9 Å². The highest BCUT2D eigenvalue weighted by molar-refractivity contribution is 5.93. The lowest BCUT2D eigenvalue weighted by atomic mass is 9.99. The number of fused-ring (bicyclic) bond motifs is 1. The number of alkyl halides is 3. The summed E-state index contributed by atoms with van der Waals surface area (Å²) in [4.78, 5) is 30.1. The molecule has 3 amide bonds. The van der Waals surface area contributed by atoms with Crippen molar-refractivity contribution in [1.82, 2.24) is 15.2 Å². The number of carbonyl (C=O) groups excluding carboxylic acids is 2. The van der Waals surface area contributed by atoms with Crippen LogP contribution in [0.25, 0.3) is 10.8 Å². The molecule has 2 heterocycles. The number of ether oxygens (including phenoxy) is 2. The minimum atomic E-state index is -4.68. The van der Waals surface area contributed by atoms with Crippen LogP contribution in [0.15, 0.2) is 54.9 Å². The van der Waals surface area contributed by atoms with E-state index in [-0.39, 0.29) is 17.9 Å². The molecule has 2 atom stereocenters. The van der Waals surface area contributed by atoms with Crippen LogP contribution in [0.4, 0.5) is 22.8 Å². The van der Waals surface area contributed by atoms with Crippen LogP contribution in [0.2, 0.25) is 0 Å². The predicted molar refractivity (Wildman–Crippen MR) is 114 cm³/mol. The van der Waals surface area contributed by atoms with Crippen LogP contribution in [0.1, 0.15) is 22.8 Å². The Morgan fingerprint density at radius 3 is 2.71 bits per heavy atom. The molecular formula is C23H20F3N3O5. The summed E-state index contributed by atoms with van der Waals surface area (Å²) in [6.45, 7) is -0.699. The summed E-state index contributed by atoms with van der Waals surface area (Å²) in [5.41, 5.74) is -0.382. The molecule has 4 rings (SSSR count). The number of amides is 3. The average molecular weight is 475 g/mol. The zero-order valence-corrected chi connectivity index (χ0v) is 17.9. The number of benzene rings is 2. The number of halogens is 3. The van der Waals surface area contributed by atoms with Gasteiger partial charge in [-0.25, -0.2) is 14.5 Å².